The highest BCUT2D eigenvalue weighted by Crippen LogP contribution is 2.32. The van der Waals surface area contributed by atoms with Crippen LogP contribution in [-0.4, -0.2) is 35.1 Å². The van der Waals surface area contributed by atoms with Gasteiger partial charge in [0.1, 0.15) is 11.3 Å². The quantitative estimate of drug-likeness (QED) is 0.365. The average molecular weight is 422 g/mol. The third-order valence-corrected chi connectivity index (χ3v) is 5.23. The Bertz CT molecular complexity index is 1580. The standard InChI is InChI=1S/C23H15FN8/c24-14-7-13(8-15(25)9-14)16-10-27-11-19-20(16)30-23(29-19)22-21-18(31-32-22)2-1-17(28-21)12-3-5-26-6-4-12/h1-11H,25H2,(H,29,30)(H,31,32). The van der Waals surface area contributed by atoms with E-state index in [0.29, 0.717) is 44.9 Å². The number of halogens is 1. The molecule has 0 unspecified atom stereocenters. The number of imidazole rings is 1. The molecule has 154 valence electrons. The molecule has 1 aromatic carbocycles. The number of pyridine rings is 3. The van der Waals surface area contributed by atoms with Crippen molar-refractivity contribution in [1.82, 2.24) is 35.1 Å². The molecule has 5 aromatic heterocycles. The number of aromatic nitrogens is 7. The first-order valence-corrected chi connectivity index (χ1v) is 9.82. The fourth-order valence-electron chi connectivity index (χ4n) is 3.77. The summed E-state index contributed by atoms with van der Waals surface area (Å²) in [7, 11) is 0. The summed E-state index contributed by atoms with van der Waals surface area (Å²) in [4.78, 5) is 21.1. The molecule has 6 rings (SSSR count). The zero-order valence-electron chi connectivity index (χ0n) is 16.5. The number of hydrogen-bond donors (Lipinski definition) is 3. The molecule has 4 N–H and O–H groups in total. The topological polar surface area (TPSA) is 122 Å². The molecule has 32 heavy (non-hydrogen) atoms. The van der Waals surface area contributed by atoms with Crippen LogP contribution in [0, 0.1) is 5.82 Å². The summed E-state index contributed by atoms with van der Waals surface area (Å²) in [6.07, 6.45) is 6.77. The van der Waals surface area contributed by atoms with Crippen LogP contribution < -0.4 is 5.73 Å². The van der Waals surface area contributed by atoms with Gasteiger partial charge >= 0.3 is 0 Å². The van der Waals surface area contributed by atoms with E-state index in [1.54, 1.807) is 30.9 Å². The van der Waals surface area contributed by atoms with E-state index in [-0.39, 0.29) is 0 Å². The van der Waals surface area contributed by atoms with Crippen LogP contribution in [0.5, 0.6) is 0 Å². The maximum Gasteiger partial charge on any atom is 0.161 e. The molecule has 0 bridgehead atoms. The number of benzene rings is 1. The first-order valence-electron chi connectivity index (χ1n) is 9.82. The van der Waals surface area contributed by atoms with Crippen molar-refractivity contribution in [3.8, 4) is 33.9 Å². The first-order chi connectivity index (χ1) is 15.7. The van der Waals surface area contributed by atoms with Gasteiger partial charge in [-0.1, -0.05) is 0 Å². The Labute approximate surface area is 180 Å². The van der Waals surface area contributed by atoms with Gasteiger partial charge in [-0.05, 0) is 48.0 Å². The van der Waals surface area contributed by atoms with Crippen LogP contribution in [0.2, 0.25) is 0 Å². The molecule has 0 radical (unpaired) electrons. The molecule has 9 heteroatoms. The Balaban J connectivity index is 1.52. The van der Waals surface area contributed by atoms with E-state index in [9.17, 15) is 4.39 Å². The summed E-state index contributed by atoms with van der Waals surface area (Å²) in [6, 6.07) is 12.0. The molecule has 8 nitrogen and oxygen atoms in total. The number of H-pyrrole nitrogens is 2. The number of nitrogens with two attached hydrogens (primary N) is 1. The van der Waals surface area contributed by atoms with Gasteiger partial charge in [-0.15, -0.1) is 0 Å². The number of nitrogen functional groups attached to an aromatic ring is 1. The summed E-state index contributed by atoms with van der Waals surface area (Å²) < 4.78 is 13.9. The summed E-state index contributed by atoms with van der Waals surface area (Å²) in [5.74, 6) is 0.114. The lowest BCUT2D eigenvalue weighted by atomic mass is 10.1. The molecule has 6 aromatic rings. The highest BCUT2D eigenvalue weighted by molar-refractivity contribution is 5.96. The van der Waals surface area contributed by atoms with Crippen molar-refractivity contribution >= 4 is 27.8 Å². The lowest BCUT2D eigenvalue weighted by Crippen LogP contribution is -1.90. The monoisotopic (exact) mass is 422 g/mol. The number of anilines is 1. The maximum absolute atomic E-state index is 13.9. The molecule has 0 aliphatic heterocycles. The molecule has 0 atom stereocenters. The van der Waals surface area contributed by atoms with Gasteiger partial charge in [0.25, 0.3) is 0 Å². The normalized spacial score (nSPS) is 11.4. The first kappa shape index (κ1) is 18.1. The van der Waals surface area contributed by atoms with E-state index in [2.05, 4.69) is 25.1 Å². The Morgan fingerprint density at radius 1 is 0.812 bits per heavy atom. The second-order valence-corrected chi connectivity index (χ2v) is 7.34. The fraction of sp³-hybridized carbons (Fsp3) is 0. The maximum atomic E-state index is 13.9. The van der Waals surface area contributed by atoms with Crippen molar-refractivity contribution in [2.45, 2.75) is 0 Å². The van der Waals surface area contributed by atoms with Crippen LogP contribution in [-0.2, 0) is 0 Å². The zero-order valence-corrected chi connectivity index (χ0v) is 16.5. The summed E-state index contributed by atoms with van der Waals surface area (Å²) in [5, 5.41) is 7.44. The zero-order chi connectivity index (χ0) is 21.7. The predicted octanol–water partition coefficient (Wildman–Crippen LogP) is 4.35. The second-order valence-electron chi connectivity index (χ2n) is 7.34. The van der Waals surface area contributed by atoms with Crippen molar-refractivity contribution in [1.29, 1.82) is 0 Å². The molecule has 0 aliphatic rings. The lowest BCUT2D eigenvalue weighted by Gasteiger charge is -2.04. The molecule has 0 fully saturated rings. The van der Waals surface area contributed by atoms with Gasteiger partial charge in [-0.2, -0.15) is 5.10 Å². The molecule has 0 amide bonds. The minimum Gasteiger partial charge on any atom is -0.399 e. The van der Waals surface area contributed by atoms with E-state index >= 15 is 0 Å². The number of hydrogen-bond acceptors (Lipinski definition) is 6. The average Bonchev–Trinajstić information content (AvgIpc) is 3.42. The Morgan fingerprint density at radius 3 is 2.53 bits per heavy atom. The van der Waals surface area contributed by atoms with Crippen molar-refractivity contribution in [3.05, 3.63) is 73.1 Å². The van der Waals surface area contributed by atoms with E-state index in [1.807, 2.05) is 24.3 Å². The van der Waals surface area contributed by atoms with Gasteiger partial charge in [-0.3, -0.25) is 15.1 Å². The summed E-state index contributed by atoms with van der Waals surface area (Å²) >= 11 is 0. The molecular weight excluding hydrogens is 407 g/mol. The van der Waals surface area contributed by atoms with Crippen LogP contribution in [0.25, 0.3) is 56.0 Å². The van der Waals surface area contributed by atoms with Crippen molar-refractivity contribution in [3.63, 3.8) is 0 Å². The molecule has 0 aliphatic carbocycles. The summed E-state index contributed by atoms with van der Waals surface area (Å²) in [5.41, 5.74) is 12.6. The van der Waals surface area contributed by atoms with E-state index < -0.39 is 5.82 Å². The molecular formula is C23H15FN8. The molecule has 0 spiro atoms. The van der Waals surface area contributed by atoms with Gasteiger partial charge in [0.2, 0.25) is 0 Å². The number of rotatable bonds is 3. The van der Waals surface area contributed by atoms with Crippen LogP contribution in [0.1, 0.15) is 0 Å². The van der Waals surface area contributed by atoms with Crippen LogP contribution in [0.3, 0.4) is 0 Å². The highest BCUT2D eigenvalue weighted by Gasteiger charge is 2.17. The lowest BCUT2D eigenvalue weighted by molar-refractivity contribution is 0.629. The van der Waals surface area contributed by atoms with Gasteiger partial charge in [-0.25, -0.2) is 14.4 Å². The van der Waals surface area contributed by atoms with E-state index in [4.69, 9.17) is 15.7 Å². The largest absolute Gasteiger partial charge is 0.399 e. The smallest absolute Gasteiger partial charge is 0.161 e. The van der Waals surface area contributed by atoms with E-state index in [0.717, 1.165) is 16.8 Å². The summed E-state index contributed by atoms with van der Waals surface area (Å²) in [6.45, 7) is 0. The molecule has 0 saturated heterocycles. The van der Waals surface area contributed by atoms with Crippen molar-refractivity contribution in [2.24, 2.45) is 0 Å². The van der Waals surface area contributed by atoms with Gasteiger partial charge in [0, 0.05) is 35.4 Å². The van der Waals surface area contributed by atoms with Crippen molar-refractivity contribution in [2.75, 3.05) is 5.73 Å². The highest BCUT2D eigenvalue weighted by atomic mass is 19.1. The molecule has 5 heterocycles. The number of fused-ring (bicyclic) bond motifs is 2. The Morgan fingerprint density at radius 2 is 1.69 bits per heavy atom. The third kappa shape index (κ3) is 2.95. The minimum atomic E-state index is -0.418. The number of nitrogens with zero attached hydrogens (tertiary/aromatic N) is 5. The fourth-order valence-corrected chi connectivity index (χ4v) is 3.77. The van der Waals surface area contributed by atoms with Crippen LogP contribution in [0.4, 0.5) is 10.1 Å². The van der Waals surface area contributed by atoms with Gasteiger partial charge in [0.05, 0.1) is 28.4 Å². The van der Waals surface area contributed by atoms with Crippen LogP contribution in [0.15, 0.2) is 67.3 Å². The number of aromatic amines is 2. The Kier molecular flexibility index (Phi) is 3.94. The van der Waals surface area contributed by atoms with Gasteiger partial charge < -0.3 is 10.7 Å². The van der Waals surface area contributed by atoms with Crippen molar-refractivity contribution < 1.29 is 4.39 Å². The third-order valence-electron chi connectivity index (χ3n) is 5.23. The second kappa shape index (κ2) is 6.95. The molecule has 0 saturated carbocycles. The van der Waals surface area contributed by atoms with E-state index in [1.165, 1.54) is 12.1 Å². The van der Waals surface area contributed by atoms with Crippen LogP contribution >= 0.6 is 0 Å². The van der Waals surface area contributed by atoms with Gasteiger partial charge in [0.15, 0.2) is 11.5 Å². The Hall–Kier alpha value is -4.66. The predicted molar refractivity (Wildman–Crippen MR) is 120 cm³/mol. The number of nitrogens with one attached hydrogen (secondary N) is 2. The SMILES string of the molecule is Nc1cc(F)cc(-c2cncc3[nH]c(-c4n[nH]c5ccc(-c6ccncc6)nc45)nc23)c1. The minimum absolute atomic E-state index is 0.332.